The number of anilines is 1. The van der Waals surface area contributed by atoms with E-state index in [1.807, 2.05) is 0 Å². The molecule has 0 saturated carbocycles. The Bertz CT molecular complexity index is 815. The van der Waals surface area contributed by atoms with Crippen molar-refractivity contribution >= 4 is 17.6 Å². The SMILES string of the molecule is CCC(=O)Nc1cc(C(=O)NCc2ccc(OCC(F)F)nc2C)ccn1. The van der Waals surface area contributed by atoms with Crippen molar-refractivity contribution in [3.8, 4) is 5.88 Å². The van der Waals surface area contributed by atoms with Gasteiger partial charge >= 0.3 is 0 Å². The minimum Gasteiger partial charge on any atom is -0.472 e. The van der Waals surface area contributed by atoms with E-state index in [1.165, 1.54) is 24.4 Å². The van der Waals surface area contributed by atoms with Gasteiger partial charge in [-0.3, -0.25) is 9.59 Å². The van der Waals surface area contributed by atoms with Crippen LogP contribution in [-0.2, 0) is 11.3 Å². The standard InChI is InChI=1S/C18H20F2N4O3/c1-3-16(25)24-15-8-12(6-7-21-15)18(26)22-9-13-4-5-17(23-11(13)2)27-10-14(19)20/h4-8,14H,3,9-10H2,1-2H3,(H,22,26)(H,21,24,25). The minimum atomic E-state index is -2.57. The molecule has 9 heteroatoms. The molecule has 0 fully saturated rings. The molecule has 2 aromatic rings. The summed E-state index contributed by atoms with van der Waals surface area (Å²) in [5.74, 6) is -0.140. The molecule has 0 radical (unpaired) electrons. The zero-order chi connectivity index (χ0) is 19.8. The van der Waals surface area contributed by atoms with E-state index in [1.54, 1.807) is 19.9 Å². The molecular formula is C18H20F2N4O3. The Balaban J connectivity index is 1.97. The summed E-state index contributed by atoms with van der Waals surface area (Å²) in [7, 11) is 0. The van der Waals surface area contributed by atoms with Crippen LogP contribution >= 0.6 is 0 Å². The smallest absolute Gasteiger partial charge is 0.272 e. The first kappa shape index (κ1) is 20.2. The van der Waals surface area contributed by atoms with Gasteiger partial charge in [0.25, 0.3) is 12.3 Å². The highest BCUT2D eigenvalue weighted by Gasteiger charge is 2.10. The van der Waals surface area contributed by atoms with Gasteiger partial charge in [0.05, 0.1) is 0 Å². The van der Waals surface area contributed by atoms with Crippen molar-refractivity contribution in [1.82, 2.24) is 15.3 Å². The second kappa shape index (κ2) is 9.56. The number of carbonyl (C=O) groups excluding carboxylic acids is 2. The second-order valence-corrected chi connectivity index (χ2v) is 5.61. The van der Waals surface area contributed by atoms with Crippen LogP contribution in [0.25, 0.3) is 0 Å². The lowest BCUT2D eigenvalue weighted by Gasteiger charge is -2.10. The van der Waals surface area contributed by atoms with E-state index in [0.717, 1.165) is 5.56 Å². The average molecular weight is 378 g/mol. The van der Waals surface area contributed by atoms with E-state index in [9.17, 15) is 18.4 Å². The molecule has 2 heterocycles. The maximum atomic E-state index is 12.3. The van der Waals surface area contributed by atoms with Crippen molar-refractivity contribution < 1.29 is 23.1 Å². The number of rotatable bonds is 8. The maximum absolute atomic E-state index is 12.3. The van der Waals surface area contributed by atoms with E-state index in [0.29, 0.717) is 23.5 Å². The van der Waals surface area contributed by atoms with Crippen LogP contribution in [0, 0.1) is 6.92 Å². The molecule has 0 atom stereocenters. The Hall–Kier alpha value is -3.10. The monoisotopic (exact) mass is 378 g/mol. The van der Waals surface area contributed by atoms with Crippen molar-refractivity contribution in [3.63, 3.8) is 0 Å². The quantitative estimate of drug-likeness (QED) is 0.737. The number of carbonyl (C=O) groups is 2. The summed E-state index contributed by atoms with van der Waals surface area (Å²) in [6, 6.07) is 6.14. The van der Waals surface area contributed by atoms with Crippen LogP contribution in [-0.4, -0.2) is 34.8 Å². The van der Waals surface area contributed by atoms with Gasteiger partial charge in [0.15, 0.2) is 6.61 Å². The van der Waals surface area contributed by atoms with E-state index in [2.05, 4.69) is 20.6 Å². The van der Waals surface area contributed by atoms with Crippen molar-refractivity contribution in [2.75, 3.05) is 11.9 Å². The summed E-state index contributed by atoms with van der Waals surface area (Å²) in [5, 5.41) is 5.33. The Morgan fingerprint density at radius 3 is 2.70 bits per heavy atom. The largest absolute Gasteiger partial charge is 0.472 e. The molecule has 2 N–H and O–H groups in total. The Labute approximate surface area is 155 Å². The van der Waals surface area contributed by atoms with Crippen molar-refractivity contribution in [1.29, 1.82) is 0 Å². The molecule has 0 bridgehead atoms. The number of halogens is 2. The van der Waals surface area contributed by atoms with Gasteiger partial charge in [-0.25, -0.2) is 18.7 Å². The number of hydrogen-bond donors (Lipinski definition) is 2. The molecular weight excluding hydrogens is 358 g/mol. The van der Waals surface area contributed by atoms with E-state index >= 15 is 0 Å². The predicted molar refractivity (Wildman–Crippen MR) is 94.8 cm³/mol. The fourth-order valence-corrected chi connectivity index (χ4v) is 2.13. The molecule has 0 aromatic carbocycles. The number of alkyl halides is 2. The first-order valence-corrected chi connectivity index (χ1v) is 8.30. The molecule has 0 aliphatic heterocycles. The minimum absolute atomic E-state index is 0.105. The molecule has 27 heavy (non-hydrogen) atoms. The number of hydrogen-bond acceptors (Lipinski definition) is 5. The number of aromatic nitrogens is 2. The van der Waals surface area contributed by atoms with Gasteiger partial charge in [-0.15, -0.1) is 0 Å². The molecule has 2 amide bonds. The van der Waals surface area contributed by atoms with Gasteiger partial charge in [0, 0.05) is 36.5 Å². The van der Waals surface area contributed by atoms with E-state index in [4.69, 9.17) is 4.74 Å². The molecule has 0 unspecified atom stereocenters. The number of nitrogens with one attached hydrogen (secondary N) is 2. The average Bonchev–Trinajstić information content (AvgIpc) is 2.65. The predicted octanol–water partition coefficient (Wildman–Crippen LogP) is 2.71. The van der Waals surface area contributed by atoms with Crippen LogP contribution in [0.2, 0.25) is 0 Å². The highest BCUT2D eigenvalue weighted by atomic mass is 19.3. The number of aryl methyl sites for hydroxylation is 1. The number of amides is 2. The van der Waals surface area contributed by atoms with Crippen LogP contribution in [0.5, 0.6) is 5.88 Å². The lowest BCUT2D eigenvalue weighted by molar-refractivity contribution is -0.115. The molecule has 2 rings (SSSR count). The van der Waals surface area contributed by atoms with Crippen LogP contribution in [0.3, 0.4) is 0 Å². The summed E-state index contributed by atoms with van der Waals surface area (Å²) in [5.41, 5.74) is 1.63. The highest BCUT2D eigenvalue weighted by molar-refractivity contribution is 5.96. The molecule has 0 aliphatic rings. The molecule has 144 valence electrons. The third-order valence-electron chi connectivity index (χ3n) is 3.58. The Morgan fingerprint density at radius 2 is 2.04 bits per heavy atom. The summed E-state index contributed by atoms with van der Waals surface area (Å²) < 4.78 is 29.2. The molecule has 7 nitrogen and oxygen atoms in total. The third-order valence-corrected chi connectivity index (χ3v) is 3.58. The summed E-state index contributed by atoms with van der Waals surface area (Å²) >= 11 is 0. The van der Waals surface area contributed by atoms with Crippen molar-refractivity contribution in [3.05, 3.63) is 47.3 Å². The Morgan fingerprint density at radius 1 is 1.26 bits per heavy atom. The molecule has 2 aromatic heterocycles. The zero-order valence-electron chi connectivity index (χ0n) is 15.0. The molecule has 0 aliphatic carbocycles. The lowest BCUT2D eigenvalue weighted by Crippen LogP contribution is -2.24. The summed E-state index contributed by atoms with van der Waals surface area (Å²) in [6.07, 6.45) is -0.831. The van der Waals surface area contributed by atoms with E-state index in [-0.39, 0.29) is 24.2 Å². The van der Waals surface area contributed by atoms with Gasteiger partial charge in [-0.2, -0.15) is 0 Å². The molecule has 0 saturated heterocycles. The van der Waals surface area contributed by atoms with Crippen LogP contribution < -0.4 is 15.4 Å². The van der Waals surface area contributed by atoms with Gasteiger partial charge in [0.1, 0.15) is 5.82 Å². The first-order chi connectivity index (χ1) is 12.9. The number of pyridine rings is 2. The topological polar surface area (TPSA) is 93.2 Å². The number of nitrogens with zero attached hydrogens (tertiary/aromatic N) is 2. The number of ether oxygens (including phenoxy) is 1. The lowest BCUT2D eigenvalue weighted by atomic mass is 10.2. The Kier molecular flexibility index (Phi) is 7.16. The van der Waals surface area contributed by atoms with Crippen molar-refractivity contribution in [2.24, 2.45) is 0 Å². The maximum Gasteiger partial charge on any atom is 0.272 e. The highest BCUT2D eigenvalue weighted by Crippen LogP contribution is 2.14. The molecule has 0 spiro atoms. The first-order valence-electron chi connectivity index (χ1n) is 8.30. The summed E-state index contributed by atoms with van der Waals surface area (Å²) in [4.78, 5) is 31.8. The fraction of sp³-hybridized carbons (Fsp3) is 0.333. The normalized spacial score (nSPS) is 10.6. The van der Waals surface area contributed by atoms with Gasteiger partial charge in [-0.1, -0.05) is 13.0 Å². The van der Waals surface area contributed by atoms with Gasteiger partial charge < -0.3 is 15.4 Å². The summed E-state index contributed by atoms with van der Waals surface area (Å²) in [6.45, 7) is 2.89. The zero-order valence-corrected chi connectivity index (χ0v) is 15.0. The van der Waals surface area contributed by atoms with Crippen LogP contribution in [0.1, 0.15) is 35.0 Å². The van der Waals surface area contributed by atoms with Crippen LogP contribution in [0.15, 0.2) is 30.5 Å². The third kappa shape index (κ3) is 6.28. The van der Waals surface area contributed by atoms with Gasteiger partial charge in [-0.05, 0) is 24.6 Å². The fourth-order valence-electron chi connectivity index (χ4n) is 2.13. The van der Waals surface area contributed by atoms with Gasteiger partial charge in [0.2, 0.25) is 11.8 Å². The van der Waals surface area contributed by atoms with E-state index < -0.39 is 13.0 Å². The second-order valence-electron chi connectivity index (χ2n) is 5.61. The van der Waals surface area contributed by atoms with Crippen LogP contribution in [0.4, 0.5) is 14.6 Å². The van der Waals surface area contributed by atoms with Crippen molar-refractivity contribution in [2.45, 2.75) is 33.2 Å².